The van der Waals surface area contributed by atoms with Gasteiger partial charge in [0.15, 0.2) is 6.29 Å². The molecule has 19 heavy (non-hydrogen) atoms. The van der Waals surface area contributed by atoms with Crippen LogP contribution >= 0.6 is 0 Å². The molecule has 0 N–H and O–H groups in total. The quantitative estimate of drug-likeness (QED) is 0.787. The maximum Gasteiger partial charge on any atom is 0.168 e. The van der Waals surface area contributed by atoms with E-state index in [9.17, 15) is 4.79 Å². The first-order chi connectivity index (χ1) is 9.21. The number of carbonyl (C=O) groups is 1. The van der Waals surface area contributed by atoms with E-state index in [1.807, 2.05) is 19.1 Å². The molecule has 5 heteroatoms. The fraction of sp³-hybridized carbons (Fsp3) is 0.214. The van der Waals surface area contributed by atoms with Crippen molar-refractivity contribution in [3.8, 4) is 22.8 Å². The molecule has 1 heterocycles. The van der Waals surface area contributed by atoms with Crippen molar-refractivity contribution < 1.29 is 14.3 Å². The zero-order chi connectivity index (χ0) is 13.8. The van der Waals surface area contributed by atoms with Crippen LogP contribution in [0.3, 0.4) is 0 Å². The van der Waals surface area contributed by atoms with Gasteiger partial charge in [0.05, 0.1) is 19.9 Å². The second-order valence-electron chi connectivity index (χ2n) is 3.92. The molecule has 0 saturated carbocycles. The van der Waals surface area contributed by atoms with Gasteiger partial charge in [-0.3, -0.25) is 4.79 Å². The van der Waals surface area contributed by atoms with Crippen LogP contribution in [0.25, 0.3) is 11.3 Å². The Kier molecular flexibility index (Phi) is 3.75. The van der Waals surface area contributed by atoms with Crippen LogP contribution in [0.2, 0.25) is 0 Å². The summed E-state index contributed by atoms with van der Waals surface area (Å²) >= 11 is 0. The number of carbonyl (C=O) groups excluding carboxylic acids is 1. The van der Waals surface area contributed by atoms with Crippen molar-refractivity contribution in [3.63, 3.8) is 0 Å². The van der Waals surface area contributed by atoms with Crippen LogP contribution in [0.1, 0.15) is 16.1 Å². The van der Waals surface area contributed by atoms with Crippen molar-refractivity contribution in [2.75, 3.05) is 14.2 Å². The Morgan fingerprint density at radius 2 is 1.95 bits per heavy atom. The van der Waals surface area contributed by atoms with Gasteiger partial charge in [-0.15, -0.1) is 0 Å². The summed E-state index contributed by atoms with van der Waals surface area (Å²) in [6, 6.07) is 5.31. The third-order valence-corrected chi connectivity index (χ3v) is 2.87. The van der Waals surface area contributed by atoms with E-state index >= 15 is 0 Å². The van der Waals surface area contributed by atoms with Gasteiger partial charge in [0.2, 0.25) is 0 Å². The first-order valence-corrected chi connectivity index (χ1v) is 5.70. The summed E-state index contributed by atoms with van der Waals surface area (Å²) in [6.45, 7) is 1.91. The fourth-order valence-electron chi connectivity index (χ4n) is 1.94. The van der Waals surface area contributed by atoms with Crippen molar-refractivity contribution >= 4 is 6.29 Å². The standard InChI is InChI=1S/C14H14N2O3/c1-9-13(18-2)5-4-11(14(9)19-3)12-6-10(7-17)15-8-16-12/h4-8H,1-3H3. The summed E-state index contributed by atoms with van der Waals surface area (Å²) < 4.78 is 10.7. The molecule has 1 aromatic heterocycles. The maximum absolute atomic E-state index is 10.8. The highest BCUT2D eigenvalue weighted by Crippen LogP contribution is 2.36. The summed E-state index contributed by atoms with van der Waals surface area (Å²) in [7, 11) is 3.20. The molecule has 2 aromatic rings. The molecule has 2 rings (SSSR count). The van der Waals surface area contributed by atoms with E-state index in [1.165, 1.54) is 6.33 Å². The highest BCUT2D eigenvalue weighted by molar-refractivity contribution is 5.77. The Labute approximate surface area is 111 Å². The molecular formula is C14H14N2O3. The van der Waals surface area contributed by atoms with Crippen LogP contribution in [-0.4, -0.2) is 30.5 Å². The van der Waals surface area contributed by atoms with Crippen molar-refractivity contribution in [2.45, 2.75) is 6.92 Å². The van der Waals surface area contributed by atoms with Crippen molar-refractivity contribution in [3.05, 3.63) is 35.8 Å². The van der Waals surface area contributed by atoms with Crippen LogP contribution in [0.15, 0.2) is 24.5 Å². The average Bonchev–Trinajstić information content (AvgIpc) is 2.47. The SMILES string of the molecule is COc1ccc(-c2cc(C=O)ncn2)c(OC)c1C. The molecule has 0 spiro atoms. The highest BCUT2D eigenvalue weighted by atomic mass is 16.5. The van der Waals surface area contributed by atoms with Crippen LogP contribution in [-0.2, 0) is 0 Å². The van der Waals surface area contributed by atoms with E-state index in [0.29, 0.717) is 23.4 Å². The Balaban J connectivity index is 2.61. The third-order valence-electron chi connectivity index (χ3n) is 2.87. The van der Waals surface area contributed by atoms with Crippen LogP contribution < -0.4 is 9.47 Å². The normalized spacial score (nSPS) is 10.1. The topological polar surface area (TPSA) is 61.3 Å². The van der Waals surface area contributed by atoms with E-state index in [-0.39, 0.29) is 0 Å². The van der Waals surface area contributed by atoms with E-state index in [1.54, 1.807) is 20.3 Å². The monoisotopic (exact) mass is 258 g/mol. The molecule has 98 valence electrons. The zero-order valence-electron chi connectivity index (χ0n) is 11.0. The van der Waals surface area contributed by atoms with E-state index in [2.05, 4.69) is 9.97 Å². The Bertz CT molecular complexity index is 612. The first-order valence-electron chi connectivity index (χ1n) is 5.70. The maximum atomic E-state index is 10.8. The Hall–Kier alpha value is -2.43. The van der Waals surface area contributed by atoms with Gasteiger partial charge in [-0.1, -0.05) is 0 Å². The molecule has 0 aliphatic carbocycles. The molecular weight excluding hydrogens is 244 g/mol. The number of hydrogen-bond donors (Lipinski definition) is 0. The Morgan fingerprint density at radius 3 is 2.58 bits per heavy atom. The molecule has 0 aliphatic rings. The summed E-state index contributed by atoms with van der Waals surface area (Å²) in [6.07, 6.45) is 2.05. The molecule has 0 fully saturated rings. The Morgan fingerprint density at radius 1 is 1.16 bits per heavy atom. The van der Waals surface area contributed by atoms with Gasteiger partial charge in [0.1, 0.15) is 23.5 Å². The first kappa shape index (κ1) is 13.0. The minimum absolute atomic E-state index is 0.334. The largest absolute Gasteiger partial charge is 0.496 e. The van der Waals surface area contributed by atoms with Gasteiger partial charge in [-0.05, 0) is 25.1 Å². The molecule has 0 atom stereocenters. The molecule has 0 bridgehead atoms. The van der Waals surface area contributed by atoms with Gasteiger partial charge in [-0.25, -0.2) is 9.97 Å². The fourth-order valence-corrected chi connectivity index (χ4v) is 1.94. The molecule has 0 amide bonds. The summed E-state index contributed by atoms with van der Waals surface area (Å²) in [5.41, 5.74) is 2.65. The van der Waals surface area contributed by atoms with Crippen molar-refractivity contribution in [1.29, 1.82) is 0 Å². The smallest absolute Gasteiger partial charge is 0.168 e. The van der Waals surface area contributed by atoms with E-state index in [0.717, 1.165) is 16.9 Å². The van der Waals surface area contributed by atoms with Gasteiger partial charge < -0.3 is 9.47 Å². The lowest BCUT2D eigenvalue weighted by Crippen LogP contribution is -1.97. The number of ether oxygens (including phenoxy) is 2. The average molecular weight is 258 g/mol. The number of hydrogen-bond acceptors (Lipinski definition) is 5. The highest BCUT2D eigenvalue weighted by Gasteiger charge is 2.14. The van der Waals surface area contributed by atoms with Crippen LogP contribution in [0.5, 0.6) is 11.5 Å². The predicted molar refractivity (Wildman–Crippen MR) is 70.7 cm³/mol. The van der Waals surface area contributed by atoms with Gasteiger partial charge in [-0.2, -0.15) is 0 Å². The minimum Gasteiger partial charge on any atom is -0.496 e. The lowest BCUT2D eigenvalue weighted by atomic mass is 10.0. The number of aldehydes is 1. The number of benzene rings is 1. The summed E-state index contributed by atoms with van der Waals surface area (Å²) in [5, 5.41) is 0. The number of rotatable bonds is 4. The van der Waals surface area contributed by atoms with Gasteiger partial charge in [0, 0.05) is 11.1 Å². The summed E-state index contributed by atoms with van der Waals surface area (Å²) in [5.74, 6) is 1.42. The lowest BCUT2D eigenvalue weighted by molar-refractivity contribution is 0.111. The number of methoxy groups -OCH3 is 2. The van der Waals surface area contributed by atoms with E-state index in [4.69, 9.17) is 9.47 Å². The molecule has 0 saturated heterocycles. The molecule has 0 radical (unpaired) electrons. The zero-order valence-corrected chi connectivity index (χ0v) is 11.0. The second-order valence-corrected chi connectivity index (χ2v) is 3.92. The second kappa shape index (κ2) is 5.48. The molecule has 1 aromatic carbocycles. The molecule has 0 unspecified atom stereocenters. The van der Waals surface area contributed by atoms with Crippen LogP contribution in [0, 0.1) is 6.92 Å². The van der Waals surface area contributed by atoms with Gasteiger partial charge in [0.25, 0.3) is 0 Å². The molecule has 5 nitrogen and oxygen atoms in total. The van der Waals surface area contributed by atoms with Crippen molar-refractivity contribution in [2.24, 2.45) is 0 Å². The van der Waals surface area contributed by atoms with Crippen LogP contribution in [0.4, 0.5) is 0 Å². The van der Waals surface area contributed by atoms with E-state index < -0.39 is 0 Å². The lowest BCUT2D eigenvalue weighted by Gasteiger charge is -2.14. The summed E-state index contributed by atoms with van der Waals surface area (Å²) in [4.78, 5) is 18.8. The number of aromatic nitrogens is 2. The predicted octanol–water partition coefficient (Wildman–Crippen LogP) is 2.28. The molecule has 0 aliphatic heterocycles. The number of nitrogens with zero attached hydrogens (tertiary/aromatic N) is 2. The van der Waals surface area contributed by atoms with Gasteiger partial charge >= 0.3 is 0 Å². The van der Waals surface area contributed by atoms with Crippen molar-refractivity contribution in [1.82, 2.24) is 9.97 Å². The minimum atomic E-state index is 0.334. The third kappa shape index (κ3) is 2.40.